The number of esters is 4. The molecule has 0 unspecified atom stereocenters. The van der Waals surface area contributed by atoms with Crippen molar-refractivity contribution < 1.29 is 42.9 Å². The molecule has 14 heteroatoms. The van der Waals surface area contributed by atoms with Crippen molar-refractivity contribution in [3.63, 3.8) is 0 Å². The first-order valence-electron chi connectivity index (χ1n) is 12.4. The molecule has 0 amide bonds. The van der Waals surface area contributed by atoms with E-state index in [-0.39, 0.29) is 16.4 Å². The Balaban J connectivity index is 2.39. The number of ether oxygens (including phenoxy) is 5. The third-order valence-corrected chi connectivity index (χ3v) is 6.59. The first kappa shape index (κ1) is 31.3. The summed E-state index contributed by atoms with van der Waals surface area (Å²) in [7, 11) is 0. The number of nitriles is 1. The van der Waals surface area contributed by atoms with Crippen LogP contribution in [0, 0.1) is 18.3 Å². The van der Waals surface area contributed by atoms with Crippen LogP contribution in [0.4, 0.5) is 0 Å². The number of aromatic nitrogens is 2. The molecule has 1 aromatic heterocycles. The van der Waals surface area contributed by atoms with E-state index < -0.39 is 66.7 Å². The number of hydrogen-bond donors (Lipinski definition) is 0. The minimum Gasteiger partial charge on any atom is -0.463 e. The van der Waals surface area contributed by atoms with Gasteiger partial charge < -0.3 is 23.7 Å². The van der Waals surface area contributed by atoms with Gasteiger partial charge in [-0.15, -0.1) is 0 Å². The van der Waals surface area contributed by atoms with E-state index in [1.807, 2.05) is 13.0 Å². The summed E-state index contributed by atoms with van der Waals surface area (Å²) in [5.41, 5.74) is 0.328. The monoisotopic (exact) mass is 587 g/mol. The lowest BCUT2D eigenvalue weighted by Gasteiger charge is -2.45. The number of hydrogen-bond acceptors (Lipinski definition) is 13. The van der Waals surface area contributed by atoms with Crippen LogP contribution in [0.3, 0.4) is 0 Å². The van der Waals surface area contributed by atoms with Crippen LogP contribution in [0.5, 0.6) is 0 Å². The zero-order chi connectivity index (χ0) is 30.4. The molecule has 41 heavy (non-hydrogen) atoms. The molecule has 1 aromatic carbocycles. The Kier molecular flexibility index (Phi) is 10.3. The molecule has 0 spiro atoms. The lowest BCUT2D eigenvalue weighted by atomic mass is 9.96. The van der Waals surface area contributed by atoms with Gasteiger partial charge in [-0.25, -0.2) is 0 Å². The van der Waals surface area contributed by atoms with Crippen molar-refractivity contribution in [1.29, 1.82) is 5.26 Å². The van der Waals surface area contributed by atoms with Crippen LogP contribution in [-0.4, -0.2) is 70.7 Å². The first-order valence-corrected chi connectivity index (χ1v) is 13.6. The molecule has 2 aromatic rings. The number of carbonyl (C=O) groups excluding carboxylic acids is 4. The second-order valence-electron chi connectivity index (χ2n) is 9.06. The van der Waals surface area contributed by atoms with E-state index in [4.69, 9.17) is 23.7 Å². The predicted molar refractivity (Wildman–Crippen MR) is 142 cm³/mol. The third-order valence-electron chi connectivity index (χ3n) is 5.94. The number of benzene rings is 1. The number of nitrogens with zero attached hydrogens (tertiary/aromatic N) is 3. The molecule has 5 atom stereocenters. The van der Waals surface area contributed by atoms with E-state index in [2.05, 4.69) is 4.98 Å². The van der Waals surface area contributed by atoms with E-state index in [1.54, 1.807) is 30.5 Å². The minimum atomic E-state index is -1.47. The molecule has 0 aliphatic carbocycles. The molecule has 1 fully saturated rings. The summed E-state index contributed by atoms with van der Waals surface area (Å²) >= 11 is 1.04. The topological polar surface area (TPSA) is 173 Å². The molecular weight excluding hydrogens is 558 g/mol. The van der Waals surface area contributed by atoms with Gasteiger partial charge in [0.2, 0.25) is 0 Å². The van der Waals surface area contributed by atoms with Crippen molar-refractivity contribution in [3.05, 3.63) is 45.7 Å². The average Bonchev–Trinajstić information content (AvgIpc) is 2.89. The Hall–Kier alpha value is -4.22. The largest absolute Gasteiger partial charge is 0.463 e. The Morgan fingerprint density at radius 1 is 0.951 bits per heavy atom. The van der Waals surface area contributed by atoms with Gasteiger partial charge in [0.05, 0.1) is 5.69 Å². The van der Waals surface area contributed by atoms with Crippen LogP contribution in [0.1, 0.15) is 45.0 Å². The van der Waals surface area contributed by atoms with Crippen molar-refractivity contribution in [1.82, 2.24) is 9.55 Å². The van der Waals surface area contributed by atoms with E-state index >= 15 is 0 Å². The fraction of sp³-hybridized carbons (Fsp3) is 0.444. The van der Waals surface area contributed by atoms with E-state index in [0.717, 1.165) is 38.1 Å². The lowest BCUT2D eigenvalue weighted by molar-refractivity contribution is -0.269. The van der Waals surface area contributed by atoms with E-state index in [0.29, 0.717) is 5.56 Å². The Labute approximate surface area is 239 Å². The highest BCUT2D eigenvalue weighted by atomic mass is 32.2. The highest BCUT2D eigenvalue weighted by Gasteiger charge is 2.53. The molecule has 2 heterocycles. The fourth-order valence-corrected chi connectivity index (χ4v) is 4.97. The van der Waals surface area contributed by atoms with Crippen LogP contribution < -0.4 is 5.56 Å². The van der Waals surface area contributed by atoms with Crippen LogP contribution in [0.15, 0.2) is 34.2 Å². The quantitative estimate of drug-likeness (QED) is 0.190. The highest BCUT2D eigenvalue weighted by molar-refractivity contribution is 7.98. The van der Waals surface area contributed by atoms with Gasteiger partial charge in [0.1, 0.15) is 24.3 Å². The number of aryl methyl sites for hydroxylation is 1. The van der Waals surface area contributed by atoms with Gasteiger partial charge in [-0.3, -0.25) is 28.5 Å². The maximum absolute atomic E-state index is 12.9. The molecule has 0 N–H and O–H groups in total. The van der Waals surface area contributed by atoms with Crippen molar-refractivity contribution >= 4 is 35.6 Å². The van der Waals surface area contributed by atoms with Gasteiger partial charge in [0.25, 0.3) is 5.56 Å². The Morgan fingerprint density at radius 2 is 1.51 bits per heavy atom. The van der Waals surface area contributed by atoms with Crippen LogP contribution in [0.25, 0.3) is 11.3 Å². The summed E-state index contributed by atoms with van der Waals surface area (Å²) in [6.45, 7) is 5.93. The minimum absolute atomic E-state index is 0.0745. The van der Waals surface area contributed by atoms with Gasteiger partial charge in [-0.05, 0) is 18.7 Å². The molecule has 0 bridgehead atoms. The number of rotatable bonds is 8. The normalized spacial score (nSPS) is 21.7. The zero-order valence-corrected chi connectivity index (χ0v) is 24.1. The molecule has 1 saturated heterocycles. The van der Waals surface area contributed by atoms with Gasteiger partial charge >= 0.3 is 23.9 Å². The summed E-state index contributed by atoms with van der Waals surface area (Å²) in [4.78, 5) is 65.3. The molecular formula is C27H29N3O10S. The highest BCUT2D eigenvalue weighted by Crippen LogP contribution is 2.39. The molecule has 3 rings (SSSR count). The zero-order valence-electron chi connectivity index (χ0n) is 23.2. The first-order chi connectivity index (χ1) is 19.4. The van der Waals surface area contributed by atoms with Crippen LogP contribution >= 0.6 is 11.8 Å². The number of thioether (sulfide) groups is 1. The third kappa shape index (κ3) is 7.30. The summed E-state index contributed by atoms with van der Waals surface area (Å²) in [5.74, 6) is -3.03. The maximum Gasteiger partial charge on any atom is 0.303 e. The molecule has 218 valence electrons. The lowest BCUT2D eigenvalue weighted by Crippen LogP contribution is -2.61. The SMILES string of the molecule is CSc1nc(=O)c(C#N)c(-c2ccc(C)cc2)n1[C@@H]1O[C@H](COC(C)=O)[C@@H](OC(C)=O)[C@H](OC(C)=O)[C@H]1OC(C)=O. The fourth-order valence-electron chi connectivity index (χ4n) is 4.40. The van der Waals surface area contributed by atoms with E-state index in [9.17, 15) is 29.2 Å². The average molecular weight is 588 g/mol. The Bertz CT molecular complexity index is 1430. The summed E-state index contributed by atoms with van der Waals surface area (Å²) < 4.78 is 29.4. The van der Waals surface area contributed by atoms with Crippen molar-refractivity contribution in [2.24, 2.45) is 0 Å². The van der Waals surface area contributed by atoms with Gasteiger partial charge in [0.15, 0.2) is 29.7 Å². The molecule has 0 radical (unpaired) electrons. The molecule has 1 aliphatic rings. The van der Waals surface area contributed by atoms with Crippen molar-refractivity contribution in [2.45, 2.75) is 70.4 Å². The smallest absolute Gasteiger partial charge is 0.303 e. The Morgan fingerprint density at radius 3 is 2.02 bits per heavy atom. The predicted octanol–water partition coefficient (Wildman–Crippen LogP) is 2.07. The molecule has 1 aliphatic heterocycles. The second-order valence-corrected chi connectivity index (χ2v) is 9.84. The standard InChI is InChI=1S/C27H29N3O10S/c1-13-7-9-18(10-8-13)21-19(11-28)25(35)29-27(41-6)30(21)26-24(39-17(5)34)23(38-16(4)33)22(37-15(3)32)20(40-26)12-36-14(2)31/h7-10,20,22-24,26H,12H2,1-6H3/t20-,22-,23+,24-,26-/m1/s1. The summed E-state index contributed by atoms with van der Waals surface area (Å²) in [6.07, 6.45) is -5.32. The van der Waals surface area contributed by atoms with Gasteiger partial charge in [-0.2, -0.15) is 10.2 Å². The summed E-state index contributed by atoms with van der Waals surface area (Å²) in [6, 6.07) is 8.83. The van der Waals surface area contributed by atoms with Crippen molar-refractivity contribution in [3.8, 4) is 17.3 Å². The summed E-state index contributed by atoms with van der Waals surface area (Å²) in [5, 5.41) is 10.1. The van der Waals surface area contributed by atoms with E-state index in [1.165, 1.54) is 11.5 Å². The molecule has 0 saturated carbocycles. The van der Waals surface area contributed by atoms with Gasteiger partial charge in [0, 0.05) is 27.7 Å². The number of carbonyl (C=O) groups is 4. The van der Waals surface area contributed by atoms with Gasteiger partial charge in [-0.1, -0.05) is 41.6 Å². The van der Waals surface area contributed by atoms with Crippen molar-refractivity contribution in [2.75, 3.05) is 12.9 Å². The van der Waals surface area contributed by atoms with Crippen LogP contribution in [-0.2, 0) is 42.9 Å². The van der Waals surface area contributed by atoms with Crippen LogP contribution in [0.2, 0.25) is 0 Å². The second kappa shape index (κ2) is 13.4. The molecule has 13 nitrogen and oxygen atoms in total. The maximum atomic E-state index is 12.9.